The van der Waals surface area contributed by atoms with Gasteiger partial charge in [-0.3, -0.25) is 4.98 Å². The highest BCUT2D eigenvalue weighted by Gasteiger charge is 1.96. The first-order valence-electron chi connectivity index (χ1n) is 6.97. The number of hydrogen-bond donors (Lipinski definition) is 1. The maximum atomic E-state index is 4.20. The second kappa shape index (κ2) is 7.05. The van der Waals surface area contributed by atoms with E-state index in [4.69, 9.17) is 0 Å². The molecule has 1 heterocycles. The molecule has 0 spiro atoms. The molecule has 2 aromatic rings. The van der Waals surface area contributed by atoms with Crippen molar-refractivity contribution in [3.63, 3.8) is 0 Å². The molecular weight excluding hydrogens is 232 g/mol. The number of aromatic nitrogens is 1. The maximum Gasteiger partial charge on any atom is 0.0352 e. The predicted octanol–water partition coefficient (Wildman–Crippen LogP) is 3.88. The molecule has 0 aliphatic rings. The number of fused-ring (bicyclic) bond motifs is 1. The SMILES string of the molecule is CC(C)CNCC/C=C/c1cccc2ccncc12. The summed E-state index contributed by atoms with van der Waals surface area (Å²) in [6.07, 6.45) is 9.26. The summed E-state index contributed by atoms with van der Waals surface area (Å²) in [5.74, 6) is 0.716. The summed E-state index contributed by atoms with van der Waals surface area (Å²) in [6, 6.07) is 8.41. The Balaban J connectivity index is 1.94. The summed E-state index contributed by atoms with van der Waals surface area (Å²) < 4.78 is 0. The van der Waals surface area contributed by atoms with Gasteiger partial charge >= 0.3 is 0 Å². The molecule has 1 aromatic carbocycles. The summed E-state index contributed by atoms with van der Waals surface area (Å²) in [7, 11) is 0. The van der Waals surface area contributed by atoms with E-state index in [9.17, 15) is 0 Å². The van der Waals surface area contributed by atoms with Crippen LogP contribution in [0, 0.1) is 5.92 Å². The number of nitrogens with one attached hydrogen (secondary N) is 1. The number of nitrogens with zero attached hydrogens (tertiary/aromatic N) is 1. The van der Waals surface area contributed by atoms with Gasteiger partial charge in [-0.05, 0) is 42.4 Å². The Morgan fingerprint density at radius 2 is 2.16 bits per heavy atom. The average molecular weight is 254 g/mol. The molecule has 0 aliphatic heterocycles. The Morgan fingerprint density at radius 3 is 3.00 bits per heavy atom. The molecule has 0 bridgehead atoms. The Bertz CT molecular complexity index is 538. The van der Waals surface area contributed by atoms with Gasteiger partial charge in [-0.1, -0.05) is 44.2 Å². The predicted molar refractivity (Wildman–Crippen MR) is 83.1 cm³/mol. The topological polar surface area (TPSA) is 24.9 Å². The quantitative estimate of drug-likeness (QED) is 0.791. The van der Waals surface area contributed by atoms with Crippen LogP contribution in [0.2, 0.25) is 0 Å². The zero-order chi connectivity index (χ0) is 13.5. The Morgan fingerprint density at radius 1 is 1.26 bits per heavy atom. The fourth-order valence-electron chi connectivity index (χ4n) is 2.07. The van der Waals surface area contributed by atoms with Gasteiger partial charge in [0, 0.05) is 17.8 Å². The summed E-state index contributed by atoms with van der Waals surface area (Å²) in [5, 5.41) is 5.91. The van der Waals surface area contributed by atoms with Gasteiger partial charge in [0.05, 0.1) is 0 Å². The van der Waals surface area contributed by atoms with Crippen molar-refractivity contribution in [1.29, 1.82) is 0 Å². The van der Waals surface area contributed by atoms with Gasteiger partial charge in [0.25, 0.3) is 0 Å². The van der Waals surface area contributed by atoms with Gasteiger partial charge in [-0.2, -0.15) is 0 Å². The molecular formula is C17H22N2. The van der Waals surface area contributed by atoms with Crippen LogP contribution in [0.5, 0.6) is 0 Å². The summed E-state index contributed by atoms with van der Waals surface area (Å²) in [6.45, 7) is 6.58. The Hall–Kier alpha value is -1.67. The van der Waals surface area contributed by atoms with E-state index in [0.717, 1.165) is 19.5 Å². The van der Waals surface area contributed by atoms with E-state index in [-0.39, 0.29) is 0 Å². The van der Waals surface area contributed by atoms with Crippen LogP contribution in [-0.4, -0.2) is 18.1 Å². The van der Waals surface area contributed by atoms with Gasteiger partial charge in [0.1, 0.15) is 0 Å². The number of rotatable bonds is 6. The summed E-state index contributed by atoms with van der Waals surface area (Å²) in [4.78, 5) is 4.20. The lowest BCUT2D eigenvalue weighted by molar-refractivity contribution is 0.557. The molecule has 2 nitrogen and oxygen atoms in total. The molecule has 0 aliphatic carbocycles. The van der Waals surface area contributed by atoms with Crippen LogP contribution in [-0.2, 0) is 0 Å². The molecule has 2 rings (SSSR count). The van der Waals surface area contributed by atoms with Crippen LogP contribution in [0.3, 0.4) is 0 Å². The molecule has 0 saturated carbocycles. The molecule has 0 fully saturated rings. The van der Waals surface area contributed by atoms with Crippen molar-refractivity contribution >= 4 is 16.8 Å². The first-order chi connectivity index (χ1) is 9.27. The van der Waals surface area contributed by atoms with Crippen LogP contribution in [0.4, 0.5) is 0 Å². The standard InChI is InChI=1S/C17H22N2/c1-14(2)12-18-10-4-3-6-15-7-5-8-16-9-11-19-13-17(15)16/h3,5-9,11,13-14,18H,4,10,12H2,1-2H3/b6-3+. The fraction of sp³-hybridized carbons (Fsp3) is 0.353. The van der Waals surface area contributed by atoms with E-state index in [0.29, 0.717) is 5.92 Å². The van der Waals surface area contributed by atoms with Crippen molar-refractivity contribution in [2.75, 3.05) is 13.1 Å². The molecule has 0 radical (unpaired) electrons. The molecule has 1 N–H and O–H groups in total. The molecule has 0 unspecified atom stereocenters. The van der Waals surface area contributed by atoms with Gasteiger partial charge in [0.15, 0.2) is 0 Å². The Labute approximate surface area is 115 Å². The molecule has 0 amide bonds. The van der Waals surface area contributed by atoms with E-state index < -0.39 is 0 Å². The molecule has 1 aromatic heterocycles. The Kier molecular flexibility index (Phi) is 5.10. The highest BCUT2D eigenvalue weighted by Crippen LogP contribution is 2.18. The van der Waals surface area contributed by atoms with E-state index in [1.54, 1.807) is 0 Å². The van der Waals surface area contributed by atoms with E-state index in [2.05, 4.69) is 60.6 Å². The normalized spacial score (nSPS) is 11.7. The first kappa shape index (κ1) is 13.8. The van der Waals surface area contributed by atoms with Crippen LogP contribution in [0.15, 0.2) is 42.7 Å². The number of pyridine rings is 1. The van der Waals surface area contributed by atoms with Gasteiger partial charge in [0.2, 0.25) is 0 Å². The molecule has 2 heteroatoms. The maximum absolute atomic E-state index is 4.20. The van der Waals surface area contributed by atoms with Crippen molar-refractivity contribution in [1.82, 2.24) is 10.3 Å². The number of hydrogen-bond acceptors (Lipinski definition) is 2. The lowest BCUT2D eigenvalue weighted by Crippen LogP contribution is -2.20. The molecule has 100 valence electrons. The van der Waals surface area contributed by atoms with Crippen molar-refractivity contribution in [3.8, 4) is 0 Å². The fourth-order valence-corrected chi connectivity index (χ4v) is 2.07. The minimum Gasteiger partial charge on any atom is -0.316 e. The second-order valence-corrected chi connectivity index (χ2v) is 5.23. The third-order valence-corrected chi connectivity index (χ3v) is 3.06. The van der Waals surface area contributed by atoms with Crippen molar-refractivity contribution in [2.45, 2.75) is 20.3 Å². The van der Waals surface area contributed by atoms with E-state index >= 15 is 0 Å². The zero-order valence-corrected chi connectivity index (χ0v) is 11.8. The van der Waals surface area contributed by atoms with Gasteiger partial charge in [-0.25, -0.2) is 0 Å². The van der Waals surface area contributed by atoms with Gasteiger partial charge < -0.3 is 5.32 Å². The molecule has 0 saturated heterocycles. The van der Waals surface area contributed by atoms with Crippen LogP contribution in [0.25, 0.3) is 16.8 Å². The lowest BCUT2D eigenvalue weighted by Gasteiger charge is -2.05. The van der Waals surface area contributed by atoms with Crippen LogP contribution < -0.4 is 5.32 Å². The van der Waals surface area contributed by atoms with Crippen LogP contribution >= 0.6 is 0 Å². The summed E-state index contributed by atoms with van der Waals surface area (Å²) in [5.41, 5.74) is 1.24. The van der Waals surface area contributed by atoms with Crippen molar-refractivity contribution < 1.29 is 0 Å². The number of benzene rings is 1. The molecule has 19 heavy (non-hydrogen) atoms. The van der Waals surface area contributed by atoms with Crippen molar-refractivity contribution in [2.24, 2.45) is 5.92 Å². The minimum atomic E-state index is 0.716. The third kappa shape index (κ3) is 4.18. The average Bonchev–Trinajstić information content (AvgIpc) is 2.42. The second-order valence-electron chi connectivity index (χ2n) is 5.23. The summed E-state index contributed by atoms with van der Waals surface area (Å²) >= 11 is 0. The lowest BCUT2D eigenvalue weighted by atomic mass is 10.1. The zero-order valence-electron chi connectivity index (χ0n) is 11.8. The van der Waals surface area contributed by atoms with Crippen LogP contribution in [0.1, 0.15) is 25.8 Å². The minimum absolute atomic E-state index is 0.716. The smallest absolute Gasteiger partial charge is 0.0352 e. The first-order valence-corrected chi connectivity index (χ1v) is 6.97. The van der Waals surface area contributed by atoms with Gasteiger partial charge in [-0.15, -0.1) is 0 Å². The highest BCUT2D eigenvalue weighted by atomic mass is 14.8. The largest absolute Gasteiger partial charge is 0.316 e. The molecule has 0 atom stereocenters. The highest BCUT2D eigenvalue weighted by molar-refractivity contribution is 5.89. The monoisotopic (exact) mass is 254 g/mol. The van der Waals surface area contributed by atoms with E-state index in [1.807, 2.05) is 12.4 Å². The van der Waals surface area contributed by atoms with E-state index in [1.165, 1.54) is 16.3 Å². The third-order valence-electron chi connectivity index (χ3n) is 3.06. The van der Waals surface area contributed by atoms with Crippen molar-refractivity contribution in [3.05, 3.63) is 48.3 Å².